The third-order valence-electron chi connectivity index (χ3n) is 4.13. The van der Waals surface area contributed by atoms with Crippen molar-refractivity contribution in [3.63, 3.8) is 0 Å². The molecule has 0 fully saturated rings. The molecule has 0 saturated carbocycles. The molecule has 152 valence electrons. The zero-order valence-corrected chi connectivity index (χ0v) is 16.8. The van der Waals surface area contributed by atoms with Gasteiger partial charge in [-0.2, -0.15) is 0 Å². The quantitative estimate of drug-likeness (QED) is 0.346. The number of carbonyl (C=O) groups excluding carboxylic acids is 1. The molecule has 28 heavy (non-hydrogen) atoms. The van der Waals surface area contributed by atoms with Crippen LogP contribution in [0.25, 0.3) is 0 Å². The van der Waals surface area contributed by atoms with E-state index in [0.29, 0.717) is 42.9 Å². The maximum Gasteiger partial charge on any atom is 0.287 e. The summed E-state index contributed by atoms with van der Waals surface area (Å²) in [6.45, 7) is 3.64. The fraction of sp³-hybridized carbons (Fsp3) is 0.400. The van der Waals surface area contributed by atoms with Crippen molar-refractivity contribution < 1.29 is 18.7 Å². The molecule has 0 bridgehead atoms. The Morgan fingerprint density at radius 3 is 2.46 bits per heavy atom. The van der Waals surface area contributed by atoms with E-state index in [1.807, 2.05) is 25.1 Å². The first-order chi connectivity index (χ1) is 13.6. The second kappa shape index (κ2) is 10.9. The molecule has 0 radical (unpaired) electrons. The van der Waals surface area contributed by atoms with Gasteiger partial charge in [-0.25, -0.2) is 0 Å². The van der Waals surface area contributed by atoms with Crippen molar-refractivity contribution in [2.75, 3.05) is 34.4 Å². The number of nitrogens with zero attached hydrogens (tertiary/aromatic N) is 1. The smallest absolute Gasteiger partial charge is 0.287 e. The number of benzene rings is 1. The summed E-state index contributed by atoms with van der Waals surface area (Å²) in [7, 11) is 4.94. The minimum absolute atomic E-state index is 0.196. The zero-order valence-electron chi connectivity index (χ0n) is 16.8. The second-order valence-electron chi connectivity index (χ2n) is 6.08. The van der Waals surface area contributed by atoms with Crippen molar-refractivity contribution in [1.82, 2.24) is 16.0 Å². The summed E-state index contributed by atoms with van der Waals surface area (Å²) < 4.78 is 15.7. The first-order valence-corrected chi connectivity index (χ1v) is 9.06. The summed E-state index contributed by atoms with van der Waals surface area (Å²) in [5.41, 5.74) is 1.87. The number of aryl methyl sites for hydroxylation is 1. The van der Waals surface area contributed by atoms with E-state index in [1.54, 1.807) is 27.3 Å². The van der Waals surface area contributed by atoms with Gasteiger partial charge >= 0.3 is 0 Å². The SMILES string of the molecule is CN=C(NCCCNC(=O)c1occc1C)NCc1ccc(OC)c(OC)c1. The Bertz CT molecular complexity index is 801. The van der Waals surface area contributed by atoms with E-state index in [4.69, 9.17) is 13.9 Å². The molecule has 8 heteroatoms. The molecule has 0 aliphatic heterocycles. The summed E-state index contributed by atoms with van der Waals surface area (Å²) >= 11 is 0. The molecule has 0 saturated heterocycles. The van der Waals surface area contributed by atoms with Crippen LogP contribution in [-0.4, -0.2) is 46.2 Å². The number of amides is 1. The Balaban J connectivity index is 1.70. The summed E-state index contributed by atoms with van der Waals surface area (Å²) in [6.07, 6.45) is 2.27. The van der Waals surface area contributed by atoms with Crippen molar-refractivity contribution in [3.05, 3.63) is 47.4 Å². The van der Waals surface area contributed by atoms with Gasteiger partial charge < -0.3 is 29.8 Å². The molecule has 2 rings (SSSR count). The van der Waals surface area contributed by atoms with E-state index in [0.717, 1.165) is 17.5 Å². The number of carbonyl (C=O) groups is 1. The highest BCUT2D eigenvalue weighted by atomic mass is 16.5. The normalized spacial score (nSPS) is 11.1. The van der Waals surface area contributed by atoms with Crippen LogP contribution < -0.4 is 25.4 Å². The molecule has 1 aromatic carbocycles. The van der Waals surface area contributed by atoms with Gasteiger partial charge in [0.05, 0.1) is 20.5 Å². The van der Waals surface area contributed by atoms with Crippen LogP contribution in [0.2, 0.25) is 0 Å². The number of hydrogen-bond donors (Lipinski definition) is 3. The van der Waals surface area contributed by atoms with Crippen LogP contribution in [0.3, 0.4) is 0 Å². The molecule has 3 N–H and O–H groups in total. The number of furan rings is 1. The molecule has 1 amide bonds. The van der Waals surface area contributed by atoms with Crippen molar-refractivity contribution >= 4 is 11.9 Å². The van der Waals surface area contributed by atoms with E-state index in [-0.39, 0.29) is 5.91 Å². The molecule has 0 spiro atoms. The lowest BCUT2D eigenvalue weighted by Crippen LogP contribution is -2.38. The Kier molecular flexibility index (Phi) is 8.20. The second-order valence-corrected chi connectivity index (χ2v) is 6.08. The van der Waals surface area contributed by atoms with Gasteiger partial charge in [0.25, 0.3) is 5.91 Å². The topological polar surface area (TPSA) is 97.1 Å². The Hall–Kier alpha value is -3.16. The van der Waals surface area contributed by atoms with Gasteiger partial charge in [-0.15, -0.1) is 0 Å². The number of nitrogens with one attached hydrogen (secondary N) is 3. The number of guanidine groups is 1. The summed E-state index contributed by atoms with van der Waals surface area (Å²) in [6, 6.07) is 7.53. The molecular formula is C20H28N4O4. The molecule has 8 nitrogen and oxygen atoms in total. The van der Waals surface area contributed by atoms with E-state index in [2.05, 4.69) is 20.9 Å². The summed E-state index contributed by atoms with van der Waals surface area (Å²) in [4.78, 5) is 16.2. The third kappa shape index (κ3) is 5.94. The van der Waals surface area contributed by atoms with Crippen molar-refractivity contribution in [2.45, 2.75) is 19.9 Å². The lowest BCUT2D eigenvalue weighted by molar-refractivity contribution is 0.0925. The molecular weight excluding hydrogens is 360 g/mol. The minimum Gasteiger partial charge on any atom is -0.493 e. The maximum atomic E-state index is 12.0. The number of ether oxygens (including phenoxy) is 2. The largest absolute Gasteiger partial charge is 0.493 e. The van der Waals surface area contributed by atoms with Crippen molar-refractivity contribution in [1.29, 1.82) is 0 Å². The molecule has 1 aromatic heterocycles. The highest BCUT2D eigenvalue weighted by molar-refractivity contribution is 5.92. The Labute approximate surface area is 165 Å². The lowest BCUT2D eigenvalue weighted by Gasteiger charge is -2.13. The van der Waals surface area contributed by atoms with Crippen LogP contribution in [0.4, 0.5) is 0 Å². The van der Waals surface area contributed by atoms with Crippen LogP contribution in [0.5, 0.6) is 11.5 Å². The number of rotatable bonds is 9. The van der Waals surface area contributed by atoms with Gasteiger partial charge in [0, 0.05) is 32.2 Å². The summed E-state index contributed by atoms with van der Waals surface area (Å²) in [5, 5.41) is 9.30. The Morgan fingerprint density at radius 2 is 1.82 bits per heavy atom. The zero-order chi connectivity index (χ0) is 20.4. The first-order valence-electron chi connectivity index (χ1n) is 9.06. The standard InChI is InChI=1S/C20H28N4O4/c1-14-8-11-28-18(14)19(25)22-9-5-10-23-20(21-2)24-13-15-6-7-16(26-3)17(12-15)27-4/h6-8,11-12H,5,9-10,13H2,1-4H3,(H,22,25)(H2,21,23,24). The Morgan fingerprint density at radius 1 is 1.07 bits per heavy atom. The van der Waals surface area contributed by atoms with E-state index >= 15 is 0 Å². The number of methoxy groups -OCH3 is 2. The minimum atomic E-state index is -0.196. The van der Waals surface area contributed by atoms with Gasteiger partial charge in [-0.1, -0.05) is 6.07 Å². The number of hydrogen-bond acceptors (Lipinski definition) is 5. The van der Waals surface area contributed by atoms with Crippen molar-refractivity contribution in [3.8, 4) is 11.5 Å². The lowest BCUT2D eigenvalue weighted by atomic mass is 10.2. The predicted molar refractivity (Wildman–Crippen MR) is 108 cm³/mol. The first kappa shape index (κ1) is 21.1. The van der Waals surface area contributed by atoms with Gasteiger partial charge in [-0.3, -0.25) is 9.79 Å². The van der Waals surface area contributed by atoms with Crippen LogP contribution in [-0.2, 0) is 6.54 Å². The highest BCUT2D eigenvalue weighted by Crippen LogP contribution is 2.27. The van der Waals surface area contributed by atoms with Crippen LogP contribution >= 0.6 is 0 Å². The predicted octanol–water partition coefficient (Wildman–Crippen LogP) is 2.09. The number of aliphatic imine (C=N–C) groups is 1. The van der Waals surface area contributed by atoms with E-state index in [1.165, 1.54) is 6.26 Å². The molecule has 0 aliphatic rings. The van der Waals surface area contributed by atoms with Crippen LogP contribution in [0.1, 0.15) is 28.1 Å². The van der Waals surface area contributed by atoms with Gasteiger partial charge in [0.15, 0.2) is 23.2 Å². The monoisotopic (exact) mass is 388 g/mol. The summed E-state index contributed by atoms with van der Waals surface area (Å²) in [5.74, 6) is 2.23. The molecule has 0 atom stereocenters. The van der Waals surface area contributed by atoms with Gasteiger partial charge in [-0.05, 0) is 37.1 Å². The third-order valence-corrected chi connectivity index (χ3v) is 4.13. The molecule has 0 aliphatic carbocycles. The van der Waals surface area contributed by atoms with Gasteiger partial charge in [0.1, 0.15) is 0 Å². The molecule has 0 unspecified atom stereocenters. The van der Waals surface area contributed by atoms with E-state index < -0.39 is 0 Å². The fourth-order valence-corrected chi connectivity index (χ4v) is 2.58. The van der Waals surface area contributed by atoms with Gasteiger partial charge in [0.2, 0.25) is 0 Å². The van der Waals surface area contributed by atoms with Crippen LogP contribution in [0.15, 0.2) is 39.9 Å². The fourth-order valence-electron chi connectivity index (χ4n) is 2.58. The maximum absolute atomic E-state index is 12.0. The van der Waals surface area contributed by atoms with Crippen LogP contribution in [0, 0.1) is 6.92 Å². The molecule has 2 aromatic rings. The van der Waals surface area contributed by atoms with E-state index in [9.17, 15) is 4.79 Å². The average Bonchev–Trinajstić information content (AvgIpc) is 3.15. The highest BCUT2D eigenvalue weighted by Gasteiger charge is 2.11. The van der Waals surface area contributed by atoms with Crippen molar-refractivity contribution in [2.24, 2.45) is 4.99 Å². The average molecular weight is 388 g/mol. The molecule has 1 heterocycles.